The molecule has 2 atom stereocenters. The molecule has 28 heavy (non-hydrogen) atoms. The second-order valence-corrected chi connectivity index (χ2v) is 7.46. The van der Waals surface area contributed by atoms with E-state index in [0.717, 1.165) is 24.4 Å². The van der Waals surface area contributed by atoms with Crippen molar-refractivity contribution in [1.82, 2.24) is 14.9 Å². The molecule has 0 unspecified atom stereocenters. The molecule has 0 aliphatic carbocycles. The summed E-state index contributed by atoms with van der Waals surface area (Å²) >= 11 is 0. The Hall–Kier alpha value is -2.93. The van der Waals surface area contributed by atoms with Gasteiger partial charge in [0.05, 0.1) is 7.11 Å². The van der Waals surface area contributed by atoms with Crippen molar-refractivity contribution >= 4 is 18.0 Å². The molecule has 2 aliphatic heterocycles. The maximum Gasteiger partial charge on any atom is 0.313 e. The zero-order valence-electron chi connectivity index (χ0n) is 15.9. The van der Waals surface area contributed by atoms with Gasteiger partial charge in [-0.15, -0.1) is 0 Å². The van der Waals surface area contributed by atoms with Crippen LogP contribution < -0.4 is 9.64 Å². The number of anilines is 1. The van der Waals surface area contributed by atoms with Crippen LogP contribution in [0.5, 0.6) is 5.75 Å². The number of hydrogen-bond donors (Lipinski definition) is 1. The van der Waals surface area contributed by atoms with Crippen LogP contribution in [0.4, 0.5) is 5.95 Å². The average molecular weight is 380 g/mol. The Morgan fingerprint density at radius 1 is 1.25 bits per heavy atom. The lowest BCUT2D eigenvalue weighted by Gasteiger charge is -2.24. The third-order valence-electron chi connectivity index (χ3n) is 5.73. The van der Waals surface area contributed by atoms with E-state index in [-0.39, 0.29) is 5.92 Å². The van der Waals surface area contributed by atoms with Gasteiger partial charge in [0, 0.05) is 51.0 Å². The van der Waals surface area contributed by atoms with Gasteiger partial charge in [0.2, 0.25) is 5.95 Å². The van der Waals surface area contributed by atoms with E-state index in [1.165, 1.54) is 0 Å². The molecule has 0 bridgehead atoms. The van der Waals surface area contributed by atoms with Gasteiger partial charge < -0.3 is 14.7 Å². The van der Waals surface area contributed by atoms with Crippen LogP contribution >= 0.6 is 0 Å². The van der Waals surface area contributed by atoms with Gasteiger partial charge >= 0.3 is 5.97 Å². The summed E-state index contributed by atoms with van der Waals surface area (Å²) in [6.45, 7) is 3.18. The van der Waals surface area contributed by atoms with Crippen molar-refractivity contribution in [2.75, 3.05) is 44.7 Å². The van der Waals surface area contributed by atoms with Crippen LogP contribution in [0, 0.1) is 11.3 Å². The molecule has 4 rings (SSSR count). The van der Waals surface area contributed by atoms with Crippen LogP contribution in [-0.2, 0) is 4.79 Å². The minimum absolute atomic E-state index is 0.0724. The molecular weight excluding hydrogens is 356 g/mol. The van der Waals surface area contributed by atoms with E-state index in [9.17, 15) is 9.90 Å². The van der Waals surface area contributed by atoms with Crippen LogP contribution in [0.2, 0.25) is 0 Å². The van der Waals surface area contributed by atoms with E-state index in [0.29, 0.717) is 25.6 Å². The van der Waals surface area contributed by atoms with Crippen LogP contribution in [0.3, 0.4) is 0 Å². The molecule has 1 aromatic carbocycles. The molecule has 7 nitrogen and oxygen atoms in total. The number of likely N-dealkylation sites (tertiary alicyclic amines) is 1. The van der Waals surface area contributed by atoms with Crippen LogP contribution in [0.1, 0.15) is 5.56 Å². The Balaban J connectivity index is 1.40. The fourth-order valence-corrected chi connectivity index (χ4v) is 4.27. The molecule has 2 aliphatic rings. The molecule has 0 spiro atoms. The summed E-state index contributed by atoms with van der Waals surface area (Å²) in [5, 5.41) is 9.99. The Bertz CT molecular complexity index is 856. The van der Waals surface area contributed by atoms with Crippen molar-refractivity contribution in [2.45, 2.75) is 0 Å². The zero-order valence-corrected chi connectivity index (χ0v) is 15.9. The van der Waals surface area contributed by atoms with Crippen LogP contribution in [-0.4, -0.2) is 65.8 Å². The van der Waals surface area contributed by atoms with E-state index in [2.05, 4.69) is 27.0 Å². The number of hydrogen-bond acceptors (Lipinski definition) is 6. The first-order valence-electron chi connectivity index (χ1n) is 9.39. The van der Waals surface area contributed by atoms with E-state index in [1.54, 1.807) is 25.6 Å². The van der Waals surface area contributed by atoms with Crippen molar-refractivity contribution in [3.05, 3.63) is 54.4 Å². The molecule has 7 heteroatoms. The van der Waals surface area contributed by atoms with Crippen molar-refractivity contribution < 1.29 is 14.6 Å². The number of aliphatic carboxylic acids is 1. The van der Waals surface area contributed by atoms with Crippen LogP contribution in [0.15, 0.2) is 48.8 Å². The second kappa shape index (κ2) is 7.59. The van der Waals surface area contributed by atoms with E-state index in [4.69, 9.17) is 4.74 Å². The smallest absolute Gasteiger partial charge is 0.313 e. The number of rotatable bonds is 6. The number of carboxylic acid groups (broad SMARTS) is 1. The first-order chi connectivity index (χ1) is 13.6. The van der Waals surface area contributed by atoms with Crippen molar-refractivity contribution in [2.24, 2.45) is 11.3 Å². The Labute approximate surface area is 164 Å². The molecule has 2 saturated heterocycles. The SMILES string of the molecule is COc1ccc(C=CCN2C[C@@H]3CN(c4ncccn4)C[C@]3(C(=O)O)C2)cc1. The minimum atomic E-state index is -0.757. The molecule has 3 heterocycles. The second-order valence-electron chi connectivity index (χ2n) is 7.46. The summed E-state index contributed by atoms with van der Waals surface area (Å²) in [7, 11) is 1.65. The molecular formula is C21H24N4O3. The number of benzene rings is 1. The quantitative estimate of drug-likeness (QED) is 0.821. The Kier molecular flexibility index (Phi) is 5.00. The Morgan fingerprint density at radius 3 is 2.64 bits per heavy atom. The molecule has 2 fully saturated rings. The van der Waals surface area contributed by atoms with Crippen molar-refractivity contribution in [3.63, 3.8) is 0 Å². The number of carbonyl (C=O) groups is 1. The van der Waals surface area contributed by atoms with Crippen LogP contribution in [0.25, 0.3) is 6.08 Å². The topological polar surface area (TPSA) is 78.8 Å². The van der Waals surface area contributed by atoms with Gasteiger partial charge in [-0.1, -0.05) is 24.3 Å². The third-order valence-corrected chi connectivity index (χ3v) is 5.73. The van der Waals surface area contributed by atoms with E-state index >= 15 is 0 Å². The molecule has 1 aromatic heterocycles. The maximum absolute atomic E-state index is 12.2. The predicted molar refractivity (Wildman–Crippen MR) is 106 cm³/mol. The number of nitrogens with zero attached hydrogens (tertiary/aromatic N) is 4. The summed E-state index contributed by atoms with van der Waals surface area (Å²) in [5.74, 6) is 0.795. The van der Waals surface area contributed by atoms with E-state index in [1.807, 2.05) is 29.2 Å². The highest BCUT2D eigenvalue weighted by molar-refractivity contribution is 5.78. The summed E-state index contributed by atoms with van der Waals surface area (Å²) in [5.41, 5.74) is 0.341. The predicted octanol–water partition coefficient (Wildman–Crippen LogP) is 2.02. The standard InChI is InChI=1S/C21H24N4O3/c1-28-18-7-5-16(6-8-18)4-2-11-24-12-17-13-25(20-22-9-3-10-23-20)15-21(17,14-24)19(26)27/h2-10,17H,11-15H2,1H3,(H,26,27)/t17-,21-/m1/s1. The summed E-state index contributed by atoms with van der Waals surface area (Å²) in [6.07, 6.45) is 7.54. The van der Waals surface area contributed by atoms with Crippen molar-refractivity contribution in [1.29, 1.82) is 0 Å². The highest BCUT2D eigenvalue weighted by Gasteiger charge is 2.57. The summed E-state index contributed by atoms with van der Waals surface area (Å²) in [6, 6.07) is 9.64. The summed E-state index contributed by atoms with van der Waals surface area (Å²) in [4.78, 5) is 24.9. The summed E-state index contributed by atoms with van der Waals surface area (Å²) < 4.78 is 5.17. The molecule has 1 N–H and O–H groups in total. The maximum atomic E-state index is 12.2. The molecule has 2 aromatic rings. The van der Waals surface area contributed by atoms with Gasteiger partial charge in [0.25, 0.3) is 0 Å². The molecule has 0 radical (unpaired) electrons. The zero-order chi connectivity index (χ0) is 19.6. The molecule has 0 amide bonds. The number of carboxylic acids is 1. The van der Waals surface area contributed by atoms with Gasteiger partial charge in [0.1, 0.15) is 11.2 Å². The minimum Gasteiger partial charge on any atom is -0.497 e. The normalized spacial score (nSPS) is 24.6. The highest BCUT2D eigenvalue weighted by atomic mass is 16.5. The van der Waals surface area contributed by atoms with Gasteiger partial charge in [-0.05, 0) is 23.8 Å². The number of methoxy groups -OCH3 is 1. The molecule has 0 saturated carbocycles. The fourth-order valence-electron chi connectivity index (χ4n) is 4.27. The number of aromatic nitrogens is 2. The number of fused-ring (bicyclic) bond motifs is 1. The molecule has 146 valence electrons. The lowest BCUT2D eigenvalue weighted by Crippen LogP contribution is -2.41. The lowest BCUT2D eigenvalue weighted by atomic mass is 9.81. The first-order valence-corrected chi connectivity index (χ1v) is 9.39. The third kappa shape index (κ3) is 3.45. The fraction of sp³-hybridized carbons (Fsp3) is 0.381. The van der Waals surface area contributed by atoms with Gasteiger partial charge in [0.15, 0.2) is 0 Å². The van der Waals surface area contributed by atoms with Gasteiger partial charge in [-0.2, -0.15) is 0 Å². The Morgan fingerprint density at radius 2 is 2.00 bits per heavy atom. The average Bonchev–Trinajstić information content (AvgIpc) is 3.25. The largest absolute Gasteiger partial charge is 0.497 e. The lowest BCUT2D eigenvalue weighted by molar-refractivity contribution is -0.148. The number of ether oxygens (including phenoxy) is 1. The first kappa shape index (κ1) is 18.4. The van der Waals surface area contributed by atoms with Gasteiger partial charge in [-0.25, -0.2) is 9.97 Å². The van der Waals surface area contributed by atoms with Gasteiger partial charge in [-0.3, -0.25) is 9.69 Å². The monoisotopic (exact) mass is 380 g/mol. The highest BCUT2D eigenvalue weighted by Crippen LogP contribution is 2.43. The van der Waals surface area contributed by atoms with Crippen molar-refractivity contribution in [3.8, 4) is 5.75 Å². The van der Waals surface area contributed by atoms with E-state index < -0.39 is 11.4 Å².